The van der Waals surface area contributed by atoms with Gasteiger partial charge in [-0.2, -0.15) is 15.0 Å². The molecule has 6 nitrogen and oxygen atoms in total. The molecule has 0 saturated heterocycles. The maximum atomic E-state index is 6.13. The number of nitrogens with one attached hydrogen (secondary N) is 2. The van der Waals surface area contributed by atoms with E-state index in [1.165, 1.54) is 0 Å². The largest absolute Gasteiger partial charge is 0.464 e. The molecule has 0 atom stereocenters. The summed E-state index contributed by atoms with van der Waals surface area (Å²) in [7, 11) is 0. The summed E-state index contributed by atoms with van der Waals surface area (Å²) < 4.78 is 5.32. The summed E-state index contributed by atoms with van der Waals surface area (Å²) in [5, 5.41) is 6.89. The fraction of sp³-hybridized carbons (Fsp3) is 0.308. The Morgan fingerprint density at radius 3 is 2.57 bits per heavy atom. The first-order chi connectivity index (χ1) is 10.1. The van der Waals surface area contributed by atoms with Crippen molar-refractivity contribution in [2.24, 2.45) is 0 Å². The van der Waals surface area contributed by atoms with Crippen molar-refractivity contribution in [1.29, 1.82) is 0 Å². The Balaban J connectivity index is 2.31. The van der Waals surface area contributed by atoms with Crippen LogP contribution in [-0.4, -0.2) is 28.1 Å². The van der Waals surface area contributed by atoms with Crippen molar-refractivity contribution >= 4 is 40.8 Å². The highest BCUT2D eigenvalue weighted by Crippen LogP contribution is 2.31. The van der Waals surface area contributed by atoms with Crippen LogP contribution in [0.15, 0.2) is 18.2 Å². The summed E-state index contributed by atoms with van der Waals surface area (Å²) in [6.07, 6.45) is 0. The molecule has 1 heterocycles. The molecule has 0 fully saturated rings. The van der Waals surface area contributed by atoms with Gasteiger partial charge < -0.3 is 15.4 Å². The number of ether oxygens (including phenoxy) is 1. The van der Waals surface area contributed by atoms with Crippen LogP contribution >= 0.6 is 23.2 Å². The van der Waals surface area contributed by atoms with Gasteiger partial charge in [-0.15, -0.1) is 0 Å². The fourth-order valence-electron chi connectivity index (χ4n) is 1.56. The minimum absolute atomic E-state index is 0.240. The van der Waals surface area contributed by atoms with E-state index in [-0.39, 0.29) is 6.01 Å². The molecule has 2 N–H and O–H groups in total. The molecule has 2 aromatic rings. The number of hydrogen-bond donors (Lipinski definition) is 2. The maximum Gasteiger partial charge on any atom is 0.323 e. The lowest BCUT2D eigenvalue weighted by Crippen LogP contribution is -2.09. The van der Waals surface area contributed by atoms with Crippen LogP contribution in [0.4, 0.5) is 17.6 Å². The average Bonchev–Trinajstić information content (AvgIpc) is 2.44. The number of nitrogens with zero attached hydrogens (tertiary/aromatic N) is 3. The summed E-state index contributed by atoms with van der Waals surface area (Å²) >= 11 is 12.1. The third-order valence-corrected chi connectivity index (χ3v) is 3.24. The van der Waals surface area contributed by atoms with E-state index in [0.717, 1.165) is 0 Å². The Hall–Kier alpha value is -1.79. The number of benzene rings is 1. The fourth-order valence-corrected chi connectivity index (χ4v) is 1.91. The van der Waals surface area contributed by atoms with Gasteiger partial charge in [0.15, 0.2) is 0 Å². The Kier molecular flexibility index (Phi) is 5.41. The van der Waals surface area contributed by atoms with E-state index in [1.54, 1.807) is 18.2 Å². The monoisotopic (exact) mass is 327 g/mol. The molecule has 8 heteroatoms. The number of hydrogen-bond acceptors (Lipinski definition) is 6. The van der Waals surface area contributed by atoms with Crippen LogP contribution in [0.25, 0.3) is 0 Å². The topological polar surface area (TPSA) is 72.0 Å². The van der Waals surface area contributed by atoms with Gasteiger partial charge in [0.2, 0.25) is 11.9 Å². The maximum absolute atomic E-state index is 6.13. The molecule has 0 amide bonds. The molecule has 1 aromatic heterocycles. The standard InChI is InChI=1S/C13H15Cl2N5O/c1-3-16-11-18-12(20-13(19-11)21-4-2)17-9-7-5-6-8(14)10(9)15/h5-7H,3-4H2,1-2H3,(H2,16,17,18,19,20). The van der Waals surface area contributed by atoms with Gasteiger partial charge in [-0.1, -0.05) is 29.3 Å². The second-order valence-electron chi connectivity index (χ2n) is 3.95. The van der Waals surface area contributed by atoms with Gasteiger partial charge in [0, 0.05) is 6.54 Å². The van der Waals surface area contributed by atoms with E-state index in [4.69, 9.17) is 27.9 Å². The minimum Gasteiger partial charge on any atom is -0.464 e. The van der Waals surface area contributed by atoms with E-state index in [2.05, 4.69) is 25.6 Å². The molecular formula is C13H15Cl2N5O. The second-order valence-corrected chi connectivity index (χ2v) is 4.74. The zero-order chi connectivity index (χ0) is 15.2. The van der Waals surface area contributed by atoms with Crippen LogP contribution < -0.4 is 15.4 Å². The Bertz CT molecular complexity index is 599. The molecule has 0 aliphatic rings. The molecule has 21 heavy (non-hydrogen) atoms. The number of rotatable bonds is 6. The van der Waals surface area contributed by atoms with E-state index < -0.39 is 0 Å². The zero-order valence-electron chi connectivity index (χ0n) is 11.7. The van der Waals surface area contributed by atoms with E-state index in [1.807, 2.05) is 13.8 Å². The van der Waals surface area contributed by atoms with Crippen LogP contribution in [0, 0.1) is 0 Å². The van der Waals surface area contributed by atoms with E-state index >= 15 is 0 Å². The molecule has 0 saturated carbocycles. The van der Waals surface area contributed by atoms with Crippen molar-refractivity contribution in [3.05, 3.63) is 28.2 Å². The first-order valence-corrected chi connectivity index (χ1v) is 7.23. The molecule has 0 spiro atoms. The molecule has 2 rings (SSSR count). The van der Waals surface area contributed by atoms with E-state index in [0.29, 0.717) is 40.8 Å². The lowest BCUT2D eigenvalue weighted by atomic mass is 10.3. The molecule has 0 radical (unpaired) electrons. The summed E-state index contributed by atoms with van der Waals surface area (Å²) in [6, 6.07) is 5.51. The van der Waals surface area contributed by atoms with Gasteiger partial charge >= 0.3 is 6.01 Å². The summed E-state index contributed by atoms with van der Waals surface area (Å²) in [5.41, 5.74) is 0.611. The average molecular weight is 328 g/mol. The third-order valence-electron chi connectivity index (χ3n) is 2.42. The Morgan fingerprint density at radius 1 is 1.10 bits per heavy atom. The number of halogens is 2. The van der Waals surface area contributed by atoms with Crippen molar-refractivity contribution in [3.63, 3.8) is 0 Å². The quantitative estimate of drug-likeness (QED) is 0.841. The molecule has 0 aliphatic carbocycles. The summed E-state index contributed by atoms with van der Waals surface area (Å²) in [4.78, 5) is 12.6. The Morgan fingerprint density at radius 2 is 1.86 bits per heavy atom. The summed E-state index contributed by atoms with van der Waals surface area (Å²) in [5.74, 6) is 0.755. The SMILES string of the molecule is CCNc1nc(Nc2cccc(Cl)c2Cl)nc(OCC)n1. The van der Waals surface area contributed by atoms with Gasteiger partial charge in [-0.05, 0) is 26.0 Å². The van der Waals surface area contributed by atoms with Crippen molar-refractivity contribution in [2.45, 2.75) is 13.8 Å². The molecule has 0 aliphatic heterocycles. The molecular weight excluding hydrogens is 313 g/mol. The smallest absolute Gasteiger partial charge is 0.323 e. The van der Waals surface area contributed by atoms with Crippen LogP contribution in [-0.2, 0) is 0 Å². The highest BCUT2D eigenvalue weighted by Gasteiger charge is 2.10. The Labute approximate surface area is 132 Å². The van der Waals surface area contributed by atoms with Gasteiger partial charge in [-0.3, -0.25) is 0 Å². The first-order valence-electron chi connectivity index (χ1n) is 6.47. The second kappa shape index (κ2) is 7.28. The summed E-state index contributed by atoms with van der Waals surface area (Å²) in [6.45, 7) is 4.96. The minimum atomic E-state index is 0.240. The normalized spacial score (nSPS) is 10.3. The highest BCUT2D eigenvalue weighted by molar-refractivity contribution is 6.43. The van der Waals surface area contributed by atoms with E-state index in [9.17, 15) is 0 Å². The van der Waals surface area contributed by atoms with Crippen LogP contribution in [0.3, 0.4) is 0 Å². The van der Waals surface area contributed by atoms with Gasteiger partial charge in [0.1, 0.15) is 0 Å². The lowest BCUT2D eigenvalue weighted by Gasteiger charge is -2.10. The van der Waals surface area contributed by atoms with Crippen molar-refractivity contribution in [2.75, 3.05) is 23.8 Å². The van der Waals surface area contributed by atoms with Gasteiger partial charge in [0.25, 0.3) is 0 Å². The van der Waals surface area contributed by atoms with Crippen molar-refractivity contribution < 1.29 is 4.74 Å². The predicted molar refractivity (Wildman–Crippen MR) is 84.9 cm³/mol. The zero-order valence-corrected chi connectivity index (χ0v) is 13.2. The third kappa shape index (κ3) is 4.09. The van der Waals surface area contributed by atoms with Gasteiger partial charge in [-0.25, -0.2) is 0 Å². The highest BCUT2D eigenvalue weighted by atomic mass is 35.5. The first kappa shape index (κ1) is 15.6. The van der Waals surface area contributed by atoms with Gasteiger partial charge in [0.05, 0.1) is 22.3 Å². The number of anilines is 3. The molecule has 0 bridgehead atoms. The van der Waals surface area contributed by atoms with Crippen molar-refractivity contribution in [1.82, 2.24) is 15.0 Å². The lowest BCUT2D eigenvalue weighted by molar-refractivity contribution is 0.312. The predicted octanol–water partition coefficient (Wildman–Crippen LogP) is 3.75. The van der Waals surface area contributed by atoms with Crippen molar-refractivity contribution in [3.8, 4) is 6.01 Å². The molecule has 1 aromatic carbocycles. The molecule has 0 unspecified atom stereocenters. The van der Waals surface area contributed by atoms with Crippen LogP contribution in [0.1, 0.15) is 13.8 Å². The van der Waals surface area contributed by atoms with Crippen LogP contribution in [0.5, 0.6) is 6.01 Å². The molecule has 112 valence electrons. The van der Waals surface area contributed by atoms with Crippen LogP contribution in [0.2, 0.25) is 10.0 Å². The number of aromatic nitrogens is 3.